The van der Waals surface area contributed by atoms with E-state index in [0.29, 0.717) is 38.8 Å². The zero-order valence-corrected chi connectivity index (χ0v) is 33.4. The predicted octanol–water partition coefficient (Wildman–Crippen LogP) is 13.0. The maximum absolute atomic E-state index is 8.81. The number of aromatic nitrogens is 3. The Morgan fingerprint density at radius 2 is 1.46 bits per heavy atom. The van der Waals surface area contributed by atoms with Gasteiger partial charge in [-0.25, -0.2) is 0 Å². The molecule has 0 N–H and O–H groups in total. The van der Waals surface area contributed by atoms with E-state index in [1.807, 2.05) is 99.6 Å². The van der Waals surface area contributed by atoms with Crippen LogP contribution in [0.5, 0.6) is 0 Å². The fraction of sp³-hybridized carbons (Fsp3) is 0.245. The number of rotatable bonds is 5. The molecule has 0 aliphatic heterocycles. The summed E-state index contributed by atoms with van der Waals surface area (Å²) in [4.78, 5) is 13.0. The topological polar surface area (TPSA) is 51.8 Å². The van der Waals surface area contributed by atoms with Crippen LogP contribution >= 0.6 is 0 Å². The van der Waals surface area contributed by atoms with Gasteiger partial charge in [-0.05, 0) is 88.4 Å². The van der Waals surface area contributed by atoms with Gasteiger partial charge < -0.3 is 14.4 Å². The van der Waals surface area contributed by atoms with Gasteiger partial charge in [0.05, 0.1) is 5.58 Å². The van der Waals surface area contributed by atoms with Gasteiger partial charge in [-0.15, -0.1) is 54.1 Å². The molecule has 275 valence electrons. The van der Waals surface area contributed by atoms with Gasteiger partial charge in [0.15, 0.2) is 0 Å². The molecule has 0 spiro atoms. The summed E-state index contributed by atoms with van der Waals surface area (Å²) in [6.45, 7) is 6.05. The Balaban J connectivity index is 0.000000227. The Morgan fingerprint density at radius 1 is 0.667 bits per heavy atom. The van der Waals surface area contributed by atoms with Gasteiger partial charge in [0.1, 0.15) is 5.58 Å². The second-order valence-corrected chi connectivity index (χ2v) is 15.1. The number of furan rings is 1. The number of fused-ring (bicyclic) bond motifs is 5. The number of hydrogen-bond acceptors (Lipinski definition) is 4. The van der Waals surface area contributed by atoms with E-state index in [1.54, 1.807) is 33.0 Å². The molecule has 5 heteroatoms. The first-order valence-electron chi connectivity index (χ1n) is 22.5. The van der Waals surface area contributed by atoms with Crippen LogP contribution in [0.3, 0.4) is 0 Å². The summed E-state index contributed by atoms with van der Waals surface area (Å²) in [5.41, 5.74) is 4.97. The van der Waals surface area contributed by atoms with Crippen molar-refractivity contribution in [3.63, 3.8) is 0 Å². The molecular formula is C49H47IrN3O-2. The Hall–Kier alpha value is -4.96. The predicted molar refractivity (Wildman–Crippen MR) is 221 cm³/mol. The summed E-state index contributed by atoms with van der Waals surface area (Å²) in [5.74, 6) is 0. The zero-order chi connectivity index (χ0) is 45.9. The molecule has 8 aromatic rings. The normalized spacial score (nSPS) is 15.4. The van der Waals surface area contributed by atoms with Gasteiger partial charge in [0.25, 0.3) is 0 Å². The molecule has 0 aliphatic carbocycles. The molecular weight excluding hydrogens is 839 g/mol. The van der Waals surface area contributed by atoms with Crippen molar-refractivity contribution in [2.24, 2.45) is 10.8 Å². The molecule has 4 nitrogen and oxygen atoms in total. The van der Waals surface area contributed by atoms with Crippen LogP contribution in [0.1, 0.15) is 77.6 Å². The minimum Gasteiger partial charge on any atom is -0.500 e. The molecule has 0 bridgehead atoms. The van der Waals surface area contributed by atoms with E-state index in [0.717, 1.165) is 33.2 Å². The van der Waals surface area contributed by atoms with Crippen molar-refractivity contribution in [3.8, 4) is 33.6 Å². The SMILES string of the molecule is [2H]C([2H])([2H])c1cc2ccc3c4cc[c-]c(-c5cc(C([2H])([2H])C(C)(C)C)c(C([2H])([2H])[2H])cn5)c4oc3c2cn1.[2H]C([2H])(c1ccc(-c2ccnc(-c3[c-]cccc3)c2)cc1)C(C)(C)C.[Ir]. The summed E-state index contributed by atoms with van der Waals surface area (Å²) < 4.78 is 87.6. The third-order valence-electron chi connectivity index (χ3n) is 8.45. The van der Waals surface area contributed by atoms with E-state index in [1.165, 1.54) is 24.5 Å². The Morgan fingerprint density at radius 3 is 2.19 bits per heavy atom. The van der Waals surface area contributed by atoms with E-state index in [-0.39, 0.29) is 36.9 Å². The first-order valence-corrected chi connectivity index (χ1v) is 17.5. The number of benzene rings is 4. The van der Waals surface area contributed by atoms with Crippen molar-refractivity contribution in [3.05, 3.63) is 150 Å². The maximum atomic E-state index is 8.81. The van der Waals surface area contributed by atoms with Crippen molar-refractivity contribution in [1.29, 1.82) is 0 Å². The van der Waals surface area contributed by atoms with Crippen LogP contribution in [0.15, 0.2) is 120 Å². The Labute approximate surface area is 347 Å². The zero-order valence-electron chi connectivity index (χ0n) is 41.1. The van der Waals surface area contributed by atoms with E-state index in [9.17, 15) is 0 Å². The molecule has 0 saturated heterocycles. The third-order valence-corrected chi connectivity index (χ3v) is 8.45. The summed E-state index contributed by atoms with van der Waals surface area (Å²) in [5, 5.41) is 2.87. The van der Waals surface area contributed by atoms with Crippen molar-refractivity contribution in [2.45, 2.75) is 68.0 Å². The van der Waals surface area contributed by atoms with Gasteiger partial charge in [0, 0.05) is 68.9 Å². The molecule has 0 fully saturated rings. The minimum atomic E-state index is -2.55. The molecule has 0 aliphatic rings. The molecule has 0 unspecified atom stereocenters. The van der Waals surface area contributed by atoms with Crippen molar-refractivity contribution >= 4 is 32.7 Å². The number of nitrogens with zero attached hydrogens (tertiary/aromatic N) is 3. The van der Waals surface area contributed by atoms with Gasteiger partial charge >= 0.3 is 0 Å². The molecule has 4 aromatic heterocycles. The number of hydrogen-bond donors (Lipinski definition) is 0. The van der Waals surface area contributed by atoms with Crippen LogP contribution in [-0.4, -0.2) is 15.0 Å². The van der Waals surface area contributed by atoms with Crippen molar-refractivity contribution in [1.82, 2.24) is 15.0 Å². The van der Waals surface area contributed by atoms with E-state index >= 15 is 0 Å². The molecule has 1 radical (unpaired) electrons. The summed E-state index contributed by atoms with van der Waals surface area (Å²) >= 11 is 0. The van der Waals surface area contributed by atoms with Crippen molar-refractivity contribution < 1.29 is 38.2 Å². The summed E-state index contributed by atoms with van der Waals surface area (Å²) in [6, 6.07) is 36.1. The molecule has 0 amide bonds. The smallest absolute Gasteiger partial charge is 0.130 e. The quantitative estimate of drug-likeness (QED) is 0.162. The molecule has 54 heavy (non-hydrogen) atoms. The second kappa shape index (κ2) is 15.8. The molecule has 4 aromatic carbocycles. The van der Waals surface area contributed by atoms with E-state index in [4.69, 9.17) is 18.1 Å². The van der Waals surface area contributed by atoms with E-state index < -0.39 is 37.3 Å². The molecule has 8 rings (SSSR count). The van der Waals surface area contributed by atoms with E-state index in [2.05, 4.69) is 27.1 Å². The van der Waals surface area contributed by atoms with Gasteiger partial charge in [0.2, 0.25) is 0 Å². The van der Waals surface area contributed by atoms with Crippen LogP contribution in [0.4, 0.5) is 0 Å². The van der Waals surface area contributed by atoms with Crippen LogP contribution < -0.4 is 0 Å². The number of pyridine rings is 3. The second-order valence-electron chi connectivity index (χ2n) is 15.1. The summed E-state index contributed by atoms with van der Waals surface area (Å²) in [6.07, 6.45) is 1.15. The third kappa shape index (κ3) is 8.87. The average Bonchev–Trinajstić information content (AvgIpc) is 3.62. The molecule has 4 heterocycles. The summed E-state index contributed by atoms with van der Waals surface area (Å²) in [7, 11) is 0. The number of aryl methyl sites for hydroxylation is 2. The van der Waals surface area contributed by atoms with Crippen molar-refractivity contribution in [2.75, 3.05) is 0 Å². The maximum Gasteiger partial charge on any atom is 0.130 e. The van der Waals surface area contributed by atoms with Crippen LogP contribution in [0.25, 0.3) is 66.4 Å². The monoisotopic (exact) mass is 896 g/mol. The minimum absolute atomic E-state index is 0. The first kappa shape index (κ1) is 27.6. The fourth-order valence-electron chi connectivity index (χ4n) is 6.20. The van der Waals surface area contributed by atoms with Crippen LogP contribution in [0.2, 0.25) is 0 Å². The van der Waals surface area contributed by atoms with Gasteiger partial charge in [-0.2, -0.15) is 0 Å². The first-order chi connectivity index (χ1) is 29.3. The average molecular weight is 896 g/mol. The Kier molecular flexibility index (Phi) is 8.07. The Bertz CT molecular complexity index is 2950. The molecule has 0 saturated carbocycles. The van der Waals surface area contributed by atoms with Gasteiger partial charge in [-0.1, -0.05) is 107 Å². The van der Waals surface area contributed by atoms with Gasteiger partial charge in [-0.3, -0.25) is 4.98 Å². The fourth-order valence-corrected chi connectivity index (χ4v) is 6.20. The van der Waals surface area contributed by atoms with Crippen LogP contribution in [0, 0.1) is 36.7 Å². The standard InChI is InChI=1S/C27H25N2O.C22H22N.Ir/c1-16-14-29-24(12-19(16)13-27(3,4)5)22-8-6-7-20-21-10-9-18-11-17(2)28-15-23(18)26(21)30-25(20)22;1-22(2,3)16-17-9-11-18(12-10-17)20-13-14-23-21(15-20)19-7-5-4-6-8-19;/h6-7,9-12,14-15H,13H2,1-5H3;4-7,9-15H,16H2,1-3H3;/q2*-1;/i1D3,2D3,13D2;16D2;. The largest absolute Gasteiger partial charge is 0.500 e. The van der Waals surface area contributed by atoms with Crippen LogP contribution in [-0.2, 0) is 32.9 Å². The molecule has 0 atom stereocenters.